The number of rotatable bonds is 7. The second-order valence-corrected chi connectivity index (χ2v) is 10.2. The van der Waals surface area contributed by atoms with Crippen LogP contribution in [-0.2, 0) is 19.7 Å². The summed E-state index contributed by atoms with van der Waals surface area (Å²) in [5, 5.41) is 2.05. The highest BCUT2D eigenvalue weighted by atomic mass is 32.2. The van der Waals surface area contributed by atoms with Crippen LogP contribution in [-0.4, -0.2) is 46.2 Å². The summed E-state index contributed by atoms with van der Waals surface area (Å²) >= 11 is 0. The van der Waals surface area contributed by atoms with Gasteiger partial charge in [0.15, 0.2) is 19.7 Å². The van der Waals surface area contributed by atoms with Gasteiger partial charge in [-0.05, 0) is 37.2 Å². The number of hydrogen-bond donors (Lipinski definition) is 1. The Labute approximate surface area is 137 Å². The Morgan fingerprint density at radius 2 is 1.83 bits per heavy atom. The molecule has 130 valence electrons. The smallest absolute Gasteiger partial charge is 0.183 e. The van der Waals surface area contributed by atoms with Crippen molar-refractivity contribution in [1.82, 2.24) is 5.32 Å². The lowest BCUT2D eigenvalue weighted by atomic mass is 10.2. The van der Waals surface area contributed by atoms with Gasteiger partial charge >= 0.3 is 0 Å². The van der Waals surface area contributed by atoms with E-state index in [1.54, 1.807) is 0 Å². The van der Waals surface area contributed by atoms with Crippen molar-refractivity contribution >= 4 is 19.7 Å². The number of nitrogens with one attached hydrogen (secondary N) is 1. The highest BCUT2D eigenvalue weighted by molar-refractivity contribution is 7.96. The summed E-state index contributed by atoms with van der Waals surface area (Å²) in [6, 6.07) is 3.89. The van der Waals surface area contributed by atoms with Crippen LogP contribution in [0.15, 0.2) is 29.2 Å². The van der Waals surface area contributed by atoms with Crippen molar-refractivity contribution in [2.75, 3.05) is 18.1 Å². The van der Waals surface area contributed by atoms with Gasteiger partial charge in [0.25, 0.3) is 0 Å². The van der Waals surface area contributed by atoms with Gasteiger partial charge in [-0.2, -0.15) is 0 Å². The molecule has 1 aromatic carbocycles. The van der Waals surface area contributed by atoms with Crippen molar-refractivity contribution in [2.24, 2.45) is 0 Å². The van der Waals surface area contributed by atoms with Crippen molar-refractivity contribution in [3.05, 3.63) is 30.1 Å². The van der Waals surface area contributed by atoms with Crippen LogP contribution >= 0.6 is 0 Å². The molecule has 23 heavy (non-hydrogen) atoms. The zero-order chi connectivity index (χ0) is 17.1. The van der Waals surface area contributed by atoms with Crippen LogP contribution in [0.2, 0.25) is 0 Å². The second-order valence-electron chi connectivity index (χ2n) is 5.88. The fraction of sp³-hybridized carbons (Fsp3) is 0.600. The maximum absolute atomic E-state index is 13.0. The third-order valence-corrected chi connectivity index (χ3v) is 8.19. The van der Waals surface area contributed by atoms with Gasteiger partial charge in [0.2, 0.25) is 0 Å². The zero-order valence-electron chi connectivity index (χ0n) is 13.0. The van der Waals surface area contributed by atoms with E-state index in [4.69, 9.17) is 0 Å². The Kier molecular flexibility index (Phi) is 5.80. The molecule has 1 heterocycles. The lowest BCUT2D eigenvalue weighted by molar-refractivity contribution is 0.513. The third kappa shape index (κ3) is 4.51. The first-order chi connectivity index (χ1) is 10.8. The molecule has 1 N–H and O–H groups in total. The van der Waals surface area contributed by atoms with Gasteiger partial charge in [-0.15, -0.1) is 0 Å². The molecule has 2 atom stereocenters. The first-order valence-electron chi connectivity index (χ1n) is 7.69. The number of hydrogen-bond acceptors (Lipinski definition) is 5. The van der Waals surface area contributed by atoms with Crippen LogP contribution in [0.4, 0.5) is 4.39 Å². The van der Waals surface area contributed by atoms with E-state index in [9.17, 15) is 21.2 Å². The predicted molar refractivity (Wildman–Crippen MR) is 87.3 cm³/mol. The van der Waals surface area contributed by atoms with Crippen molar-refractivity contribution in [3.8, 4) is 0 Å². The standard InChI is InChI=1S/C15H22FNO4S2/c1-2-3-4-9-17-14-10-22(18,19)11-15(14)23(20,21)13-7-5-12(16)6-8-13/h5-8,14-15,17H,2-4,9-11H2,1H3/t14-,15-/m0/s1. The number of benzene rings is 1. The van der Waals surface area contributed by atoms with Crippen LogP contribution in [0.25, 0.3) is 0 Å². The molecular weight excluding hydrogens is 341 g/mol. The zero-order valence-corrected chi connectivity index (χ0v) is 14.7. The third-order valence-electron chi connectivity index (χ3n) is 4.03. The maximum Gasteiger partial charge on any atom is 0.183 e. The monoisotopic (exact) mass is 363 g/mol. The molecule has 5 nitrogen and oxygen atoms in total. The molecule has 2 rings (SSSR count). The molecule has 1 fully saturated rings. The number of halogens is 1. The maximum atomic E-state index is 13.0. The second kappa shape index (κ2) is 7.27. The summed E-state index contributed by atoms with van der Waals surface area (Å²) in [7, 11) is -7.23. The van der Waals surface area contributed by atoms with Gasteiger partial charge in [0.05, 0.1) is 21.7 Å². The van der Waals surface area contributed by atoms with Crippen molar-refractivity contribution < 1.29 is 21.2 Å². The summed E-state index contributed by atoms with van der Waals surface area (Å²) in [4.78, 5) is -0.0404. The van der Waals surface area contributed by atoms with E-state index in [-0.39, 0.29) is 10.6 Å². The molecule has 0 spiro atoms. The predicted octanol–water partition coefficient (Wildman–Crippen LogP) is 1.54. The van der Waals surface area contributed by atoms with Crippen LogP contribution in [0.3, 0.4) is 0 Å². The molecule has 0 aromatic heterocycles. The molecule has 0 saturated carbocycles. The molecule has 0 unspecified atom stereocenters. The Morgan fingerprint density at radius 1 is 1.17 bits per heavy atom. The van der Waals surface area contributed by atoms with Gasteiger partial charge in [-0.3, -0.25) is 0 Å². The average molecular weight is 363 g/mol. The fourth-order valence-corrected chi connectivity index (χ4v) is 7.49. The number of unbranched alkanes of at least 4 members (excludes halogenated alkanes) is 2. The highest BCUT2D eigenvalue weighted by Crippen LogP contribution is 2.26. The Bertz CT molecular complexity index is 729. The Morgan fingerprint density at radius 3 is 2.43 bits per heavy atom. The molecule has 1 aliphatic heterocycles. The van der Waals surface area contributed by atoms with Crippen LogP contribution in [0.1, 0.15) is 26.2 Å². The lowest BCUT2D eigenvalue weighted by Crippen LogP contribution is -2.43. The summed E-state index contributed by atoms with van der Waals surface area (Å²) in [5.74, 6) is -1.10. The quantitative estimate of drug-likeness (QED) is 0.587. The molecule has 0 amide bonds. The fourth-order valence-electron chi connectivity index (χ4n) is 2.77. The molecule has 8 heteroatoms. The van der Waals surface area contributed by atoms with Gasteiger partial charge in [0.1, 0.15) is 5.82 Å². The first kappa shape index (κ1) is 18.4. The average Bonchev–Trinajstić information content (AvgIpc) is 2.80. The molecule has 1 aromatic rings. The van der Waals surface area contributed by atoms with E-state index < -0.39 is 42.5 Å². The minimum atomic E-state index is -3.83. The van der Waals surface area contributed by atoms with E-state index >= 15 is 0 Å². The molecule has 0 radical (unpaired) electrons. The van der Waals surface area contributed by atoms with Gasteiger partial charge in [0, 0.05) is 6.04 Å². The first-order valence-corrected chi connectivity index (χ1v) is 11.1. The Hall–Kier alpha value is -0.990. The molecular formula is C15H22FNO4S2. The van der Waals surface area contributed by atoms with Gasteiger partial charge in [-0.1, -0.05) is 19.8 Å². The van der Waals surface area contributed by atoms with E-state index in [1.807, 2.05) is 0 Å². The largest absolute Gasteiger partial charge is 0.312 e. The van der Waals surface area contributed by atoms with Gasteiger partial charge < -0.3 is 5.32 Å². The summed E-state index contributed by atoms with van der Waals surface area (Å²) in [6.45, 7) is 2.64. The van der Waals surface area contributed by atoms with Crippen LogP contribution in [0.5, 0.6) is 0 Å². The van der Waals surface area contributed by atoms with E-state index in [2.05, 4.69) is 12.2 Å². The highest BCUT2D eigenvalue weighted by Gasteiger charge is 2.45. The normalized spacial score (nSPS) is 23.9. The summed E-state index contributed by atoms with van der Waals surface area (Å²) in [6.07, 6.45) is 2.90. The lowest BCUT2D eigenvalue weighted by Gasteiger charge is -2.20. The summed E-state index contributed by atoms with van der Waals surface area (Å²) < 4.78 is 62.2. The van der Waals surface area contributed by atoms with E-state index in [0.29, 0.717) is 6.54 Å². The SMILES string of the molecule is CCCCCN[C@H]1CS(=O)(=O)C[C@@H]1S(=O)(=O)c1ccc(F)cc1. The topological polar surface area (TPSA) is 80.3 Å². The van der Waals surface area contributed by atoms with Crippen molar-refractivity contribution in [3.63, 3.8) is 0 Å². The van der Waals surface area contributed by atoms with E-state index in [0.717, 1.165) is 31.4 Å². The van der Waals surface area contributed by atoms with Gasteiger partial charge in [-0.25, -0.2) is 21.2 Å². The molecule has 1 aliphatic rings. The minimum absolute atomic E-state index is 0.0404. The molecule has 1 saturated heterocycles. The minimum Gasteiger partial charge on any atom is -0.312 e. The van der Waals surface area contributed by atoms with Crippen LogP contribution < -0.4 is 5.32 Å². The summed E-state index contributed by atoms with van der Waals surface area (Å²) in [5.41, 5.74) is 0. The number of sulfone groups is 2. The van der Waals surface area contributed by atoms with E-state index in [1.165, 1.54) is 12.1 Å². The molecule has 0 bridgehead atoms. The molecule has 0 aliphatic carbocycles. The van der Waals surface area contributed by atoms with Crippen molar-refractivity contribution in [1.29, 1.82) is 0 Å². The van der Waals surface area contributed by atoms with Crippen molar-refractivity contribution in [2.45, 2.75) is 42.4 Å². The Balaban J connectivity index is 2.21. The van der Waals surface area contributed by atoms with Crippen LogP contribution in [0, 0.1) is 5.82 Å².